The second kappa shape index (κ2) is 6.42. The molecule has 2 atom stereocenters. The molecule has 1 fully saturated rings. The van der Waals surface area contributed by atoms with E-state index in [4.69, 9.17) is 0 Å². The average Bonchev–Trinajstić information content (AvgIpc) is 2.15. The number of hydrogen-bond acceptors (Lipinski definition) is 1. The lowest BCUT2D eigenvalue weighted by molar-refractivity contribution is 0.302. The number of nitrogens with one attached hydrogen (secondary N) is 1. The molecule has 1 nitrogen and oxygen atoms in total. The second-order valence-corrected chi connectivity index (χ2v) is 4.60. The summed E-state index contributed by atoms with van der Waals surface area (Å²) in [6, 6.07) is 0.770. The number of unbranched alkanes of at least 4 members (excludes halogenated alkanes) is 3. The first-order valence-electron chi connectivity index (χ1n) is 6.06. The van der Waals surface area contributed by atoms with E-state index in [1.807, 2.05) is 0 Å². The van der Waals surface area contributed by atoms with Crippen LogP contribution in [-0.4, -0.2) is 12.6 Å². The lowest BCUT2D eigenvalue weighted by Gasteiger charge is -2.27. The fourth-order valence-electron chi connectivity index (χ4n) is 2.16. The van der Waals surface area contributed by atoms with Crippen LogP contribution in [-0.2, 0) is 0 Å². The van der Waals surface area contributed by atoms with Crippen molar-refractivity contribution in [2.45, 2.75) is 64.8 Å². The van der Waals surface area contributed by atoms with E-state index in [0.717, 1.165) is 12.0 Å². The van der Waals surface area contributed by atoms with E-state index >= 15 is 0 Å². The van der Waals surface area contributed by atoms with Crippen LogP contribution in [0, 0.1) is 5.92 Å². The van der Waals surface area contributed by atoms with E-state index in [2.05, 4.69) is 19.2 Å². The van der Waals surface area contributed by atoms with E-state index in [-0.39, 0.29) is 0 Å². The molecule has 0 spiro atoms. The van der Waals surface area contributed by atoms with Crippen molar-refractivity contribution in [3.8, 4) is 0 Å². The highest BCUT2D eigenvalue weighted by molar-refractivity contribution is 4.74. The van der Waals surface area contributed by atoms with Crippen molar-refractivity contribution >= 4 is 0 Å². The maximum absolute atomic E-state index is 3.57. The molecule has 1 aliphatic heterocycles. The molecule has 1 N–H and O–H groups in total. The summed E-state index contributed by atoms with van der Waals surface area (Å²) >= 11 is 0. The lowest BCUT2D eigenvalue weighted by Crippen LogP contribution is -2.36. The molecule has 2 unspecified atom stereocenters. The van der Waals surface area contributed by atoms with Crippen molar-refractivity contribution in [3.05, 3.63) is 0 Å². The van der Waals surface area contributed by atoms with Gasteiger partial charge in [0.25, 0.3) is 0 Å². The van der Waals surface area contributed by atoms with Gasteiger partial charge in [-0.15, -0.1) is 0 Å². The molecule has 1 saturated heterocycles. The van der Waals surface area contributed by atoms with Gasteiger partial charge in [-0.3, -0.25) is 0 Å². The highest BCUT2D eigenvalue weighted by Crippen LogP contribution is 2.20. The van der Waals surface area contributed by atoms with Gasteiger partial charge in [-0.1, -0.05) is 32.6 Å². The first-order valence-corrected chi connectivity index (χ1v) is 6.06. The summed E-state index contributed by atoms with van der Waals surface area (Å²) < 4.78 is 0. The molecule has 0 radical (unpaired) electrons. The van der Waals surface area contributed by atoms with E-state index in [1.165, 1.54) is 51.5 Å². The van der Waals surface area contributed by atoms with Crippen molar-refractivity contribution < 1.29 is 0 Å². The summed E-state index contributed by atoms with van der Waals surface area (Å²) in [5.74, 6) is 0.980. The highest BCUT2D eigenvalue weighted by Gasteiger charge is 2.16. The Bertz CT molecular complexity index is 114. The molecule has 1 heteroatoms. The predicted molar refractivity (Wildman–Crippen MR) is 58.9 cm³/mol. The van der Waals surface area contributed by atoms with E-state index in [9.17, 15) is 0 Å². The first kappa shape index (κ1) is 11.0. The SMILES string of the molecule is CCCCCCC1CCC(C)NC1. The second-order valence-electron chi connectivity index (χ2n) is 4.60. The Morgan fingerprint density at radius 2 is 2.00 bits per heavy atom. The molecule has 1 rings (SSSR count). The fourth-order valence-corrected chi connectivity index (χ4v) is 2.16. The smallest absolute Gasteiger partial charge is 0.00389 e. The minimum Gasteiger partial charge on any atom is -0.314 e. The topological polar surface area (TPSA) is 12.0 Å². The summed E-state index contributed by atoms with van der Waals surface area (Å²) in [6.45, 7) is 5.85. The summed E-state index contributed by atoms with van der Waals surface area (Å²) in [4.78, 5) is 0. The van der Waals surface area contributed by atoms with Crippen LogP contribution >= 0.6 is 0 Å². The third-order valence-corrected chi connectivity index (χ3v) is 3.23. The lowest BCUT2D eigenvalue weighted by atomic mass is 9.91. The van der Waals surface area contributed by atoms with Gasteiger partial charge in [0.1, 0.15) is 0 Å². The minimum absolute atomic E-state index is 0.770. The van der Waals surface area contributed by atoms with E-state index in [0.29, 0.717) is 0 Å². The Balaban J connectivity index is 1.96. The Morgan fingerprint density at radius 3 is 2.62 bits per heavy atom. The van der Waals surface area contributed by atoms with Crippen LogP contribution in [0.4, 0.5) is 0 Å². The van der Waals surface area contributed by atoms with Gasteiger partial charge in [-0.25, -0.2) is 0 Å². The van der Waals surface area contributed by atoms with Gasteiger partial charge in [0.05, 0.1) is 0 Å². The van der Waals surface area contributed by atoms with E-state index < -0.39 is 0 Å². The van der Waals surface area contributed by atoms with Crippen LogP contribution in [0.25, 0.3) is 0 Å². The molecule has 0 amide bonds. The predicted octanol–water partition coefficient (Wildman–Crippen LogP) is 3.34. The molecule has 0 aromatic heterocycles. The van der Waals surface area contributed by atoms with Crippen molar-refractivity contribution in [1.29, 1.82) is 0 Å². The standard InChI is InChI=1S/C12H25N/c1-3-4-5-6-7-12-9-8-11(2)13-10-12/h11-13H,3-10H2,1-2H3. The molecule has 78 valence electrons. The van der Waals surface area contributed by atoms with Crippen molar-refractivity contribution in [1.82, 2.24) is 5.32 Å². The molecule has 0 aliphatic carbocycles. The van der Waals surface area contributed by atoms with Crippen LogP contribution in [0.15, 0.2) is 0 Å². The number of piperidine rings is 1. The normalized spacial score (nSPS) is 29.1. The Morgan fingerprint density at radius 1 is 1.15 bits per heavy atom. The van der Waals surface area contributed by atoms with Gasteiger partial charge in [0.15, 0.2) is 0 Å². The summed E-state index contributed by atoms with van der Waals surface area (Å²) in [5.41, 5.74) is 0. The maximum Gasteiger partial charge on any atom is 0.00389 e. The van der Waals surface area contributed by atoms with Gasteiger partial charge in [-0.05, 0) is 38.6 Å². The molecule has 0 saturated carbocycles. The average molecular weight is 183 g/mol. The van der Waals surface area contributed by atoms with Gasteiger partial charge in [0, 0.05) is 6.04 Å². The van der Waals surface area contributed by atoms with Crippen molar-refractivity contribution in [3.63, 3.8) is 0 Å². The van der Waals surface area contributed by atoms with Gasteiger partial charge < -0.3 is 5.32 Å². The van der Waals surface area contributed by atoms with Crippen LogP contribution < -0.4 is 5.32 Å². The zero-order valence-corrected chi connectivity index (χ0v) is 9.31. The van der Waals surface area contributed by atoms with Crippen molar-refractivity contribution in [2.75, 3.05) is 6.54 Å². The summed E-state index contributed by atoms with van der Waals surface area (Å²) in [7, 11) is 0. The quantitative estimate of drug-likeness (QED) is 0.645. The molecule has 1 aliphatic rings. The largest absolute Gasteiger partial charge is 0.314 e. The van der Waals surface area contributed by atoms with Crippen molar-refractivity contribution in [2.24, 2.45) is 5.92 Å². The Kier molecular flexibility index (Phi) is 5.45. The Hall–Kier alpha value is -0.0400. The van der Waals surface area contributed by atoms with Gasteiger partial charge in [0.2, 0.25) is 0 Å². The first-order chi connectivity index (χ1) is 6.33. The molecule has 0 bridgehead atoms. The third-order valence-electron chi connectivity index (χ3n) is 3.23. The minimum atomic E-state index is 0.770. The summed E-state index contributed by atoms with van der Waals surface area (Å²) in [5, 5.41) is 3.57. The van der Waals surface area contributed by atoms with Crippen LogP contribution in [0.2, 0.25) is 0 Å². The zero-order valence-electron chi connectivity index (χ0n) is 9.31. The number of hydrogen-bond donors (Lipinski definition) is 1. The fraction of sp³-hybridized carbons (Fsp3) is 1.00. The Labute approximate surface area is 83.3 Å². The molecular weight excluding hydrogens is 158 g/mol. The van der Waals surface area contributed by atoms with Crippen LogP contribution in [0.3, 0.4) is 0 Å². The number of rotatable bonds is 5. The molecular formula is C12H25N. The molecule has 13 heavy (non-hydrogen) atoms. The van der Waals surface area contributed by atoms with Gasteiger partial charge >= 0.3 is 0 Å². The van der Waals surface area contributed by atoms with Crippen LogP contribution in [0.1, 0.15) is 58.8 Å². The highest BCUT2D eigenvalue weighted by atomic mass is 14.9. The molecule has 0 aromatic carbocycles. The van der Waals surface area contributed by atoms with Gasteiger partial charge in [-0.2, -0.15) is 0 Å². The third kappa shape index (κ3) is 4.66. The summed E-state index contributed by atoms with van der Waals surface area (Å²) in [6.07, 6.45) is 9.99. The molecule has 1 heterocycles. The molecule has 0 aromatic rings. The van der Waals surface area contributed by atoms with Crippen LogP contribution in [0.5, 0.6) is 0 Å². The zero-order chi connectivity index (χ0) is 9.52. The van der Waals surface area contributed by atoms with E-state index in [1.54, 1.807) is 0 Å². The maximum atomic E-state index is 3.57. The monoisotopic (exact) mass is 183 g/mol.